The van der Waals surface area contributed by atoms with Gasteiger partial charge in [0.1, 0.15) is 10.0 Å². The van der Waals surface area contributed by atoms with E-state index in [2.05, 4.69) is 21.4 Å². The smallest absolute Gasteiger partial charge is 0.141 e. The summed E-state index contributed by atoms with van der Waals surface area (Å²) in [5.41, 5.74) is 2.36. The predicted octanol–water partition coefficient (Wildman–Crippen LogP) is 2.89. The minimum atomic E-state index is 1.08. The Morgan fingerprint density at radius 2 is 2.33 bits per heavy atom. The van der Waals surface area contributed by atoms with E-state index in [0.29, 0.717) is 0 Å². The van der Waals surface area contributed by atoms with Crippen molar-refractivity contribution < 1.29 is 0 Å². The highest BCUT2D eigenvalue weighted by Crippen LogP contribution is 2.33. The molecule has 4 heteroatoms. The molecule has 2 N–H and O–H groups in total. The first-order valence-corrected chi connectivity index (χ1v) is 6.12. The number of thiazole rings is 1. The Kier molecular flexibility index (Phi) is 2.21. The third kappa shape index (κ3) is 1.65. The highest BCUT2D eigenvalue weighted by atomic mass is 32.1. The summed E-state index contributed by atoms with van der Waals surface area (Å²) >= 11 is 1.75. The molecule has 2 aromatic heterocycles. The number of fused-ring (bicyclic) bond motifs is 1. The topological polar surface area (TPSA) is 40.7 Å². The summed E-state index contributed by atoms with van der Waals surface area (Å²) in [6, 6.07) is 4.08. The fraction of sp³-hybridized carbons (Fsp3) is 0.364. The van der Waals surface area contributed by atoms with Gasteiger partial charge in [-0.05, 0) is 31.4 Å². The lowest BCUT2D eigenvalue weighted by atomic mass is 10.2. The Hall–Kier alpha value is -1.29. The molecule has 0 atom stereocenters. The van der Waals surface area contributed by atoms with E-state index in [0.717, 1.165) is 23.7 Å². The van der Waals surface area contributed by atoms with Crippen LogP contribution in [-0.2, 0) is 6.42 Å². The normalized spacial score (nSPS) is 15.5. The lowest BCUT2D eigenvalue weighted by Gasteiger charge is -1.96. The van der Waals surface area contributed by atoms with Gasteiger partial charge in [0.15, 0.2) is 0 Å². The molecule has 15 heavy (non-hydrogen) atoms. The maximum Gasteiger partial charge on any atom is 0.141 e. The molecule has 3 nitrogen and oxygen atoms in total. The highest BCUT2D eigenvalue weighted by Gasteiger charge is 2.14. The Morgan fingerprint density at radius 1 is 1.33 bits per heavy atom. The minimum Gasteiger partial charge on any atom is -0.375 e. The largest absolute Gasteiger partial charge is 0.375 e. The van der Waals surface area contributed by atoms with Crippen LogP contribution < -0.4 is 5.32 Å². The number of H-pyrrole nitrogens is 1. The van der Waals surface area contributed by atoms with E-state index in [1.165, 1.54) is 23.5 Å². The summed E-state index contributed by atoms with van der Waals surface area (Å²) < 4.78 is 0. The fourth-order valence-electron chi connectivity index (χ4n) is 1.86. The Bertz CT molecular complexity index is 421. The average Bonchev–Trinajstić information content (AvgIpc) is 2.84. The zero-order valence-electron chi connectivity index (χ0n) is 8.42. The van der Waals surface area contributed by atoms with Crippen molar-refractivity contribution in [3.05, 3.63) is 24.0 Å². The molecule has 78 valence electrons. The summed E-state index contributed by atoms with van der Waals surface area (Å²) in [7, 11) is 0. The van der Waals surface area contributed by atoms with E-state index in [4.69, 9.17) is 0 Å². The molecular weight excluding hydrogens is 206 g/mol. The van der Waals surface area contributed by atoms with E-state index in [1.54, 1.807) is 11.3 Å². The molecule has 0 saturated carbocycles. The van der Waals surface area contributed by atoms with Crippen molar-refractivity contribution in [3.8, 4) is 10.7 Å². The van der Waals surface area contributed by atoms with Crippen LogP contribution in [0, 0.1) is 0 Å². The van der Waals surface area contributed by atoms with Crippen molar-refractivity contribution >= 4 is 16.3 Å². The van der Waals surface area contributed by atoms with Gasteiger partial charge in [-0.25, -0.2) is 4.98 Å². The van der Waals surface area contributed by atoms with Crippen LogP contribution in [0.2, 0.25) is 0 Å². The molecule has 1 aliphatic heterocycles. The standard InChI is InChI=1S/C11H13N3S/c1-2-6-13-10-9(4-1)14-11(15-10)8-5-3-7-12-8/h3,5,7,12-13H,1-2,4,6H2. The molecule has 0 fully saturated rings. The molecule has 0 spiro atoms. The molecule has 3 rings (SSSR count). The molecular formula is C11H13N3S. The van der Waals surface area contributed by atoms with Crippen LogP contribution in [0.4, 0.5) is 5.00 Å². The van der Waals surface area contributed by atoms with Gasteiger partial charge >= 0.3 is 0 Å². The molecule has 0 unspecified atom stereocenters. The maximum atomic E-state index is 4.68. The summed E-state index contributed by atoms with van der Waals surface area (Å²) in [6.07, 6.45) is 5.55. The van der Waals surface area contributed by atoms with Crippen LogP contribution in [0.1, 0.15) is 18.5 Å². The molecule has 0 radical (unpaired) electrons. The number of nitrogens with zero attached hydrogens (tertiary/aromatic N) is 1. The Labute approximate surface area is 92.6 Å². The van der Waals surface area contributed by atoms with Crippen molar-refractivity contribution in [3.63, 3.8) is 0 Å². The molecule has 0 saturated heterocycles. The number of hydrogen-bond acceptors (Lipinski definition) is 3. The third-order valence-electron chi connectivity index (χ3n) is 2.65. The lowest BCUT2D eigenvalue weighted by Crippen LogP contribution is -1.96. The third-order valence-corrected chi connectivity index (χ3v) is 3.74. The van der Waals surface area contributed by atoms with Crippen LogP contribution in [0.3, 0.4) is 0 Å². The summed E-state index contributed by atoms with van der Waals surface area (Å²) in [5, 5.41) is 5.81. The Morgan fingerprint density at radius 3 is 3.20 bits per heavy atom. The summed E-state index contributed by atoms with van der Waals surface area (Å²) in [4.78, 5) is 7.88. The SMILES string of the molecule is c1c[nH]c(-c2nc3c(s2)NCCCC3)c1. The maximum absolute atomic E-state index is 4.68. The monoisotopic (exact) mass is 219 g/mol. The molecule has 0 aliphatic carbocycles. The van der Waals surface area contributed by atoms with E-state index >= 15 is 0 Å². The first-order chi connectivity index (χ1) is 7.43. The first kappa shape index (κ1) is 8.97. The number of rotatable bonds is 1. The summed E-state index contributed by atoms with van der Waals surface area (Å²) in [6.45, 7) is 1.08. The van der Waals surface area contributed by atoms with Crippen molar-refractivity contribution in [2.24, 2.45) is 0 Å². The molecule has 0 bridgehead atoms. The number of aryl methyl sites for hydroxylation is 1. The van der Waals surface area contributed by atoms with Gasteiger partial charge in [0.2, 0.25) is 0 Å². The number of nitrogens with one attached hydrogen (secondary N) is 2. The van der Waals surface area contributed by atoms with Crippen LogP contribution >= 0.6 is 11.3 Å². The van der Waals surface area contributed by atoms with Gasteiger partial charge in [-0.2, -0.15) is 0 Å². The van der Waals surface area contributed by atoms with Crippen LogP contribution in [0.15, 0.2) is 18.3 Å². The first-order valence-electron chi connectivity index (χ1n) is 5.31. The van der Waals surface area contributed by atoms with Crippen LogP contribution in [0.25, 0.3) is 10.7 Å². The second-order valence-corrected chi connectivity index (χ2v) is 4.76. The average molecular weight is 219 g/mol. The van der Waals surface area contributed by atoms with Gasteiger partial charge in [0, 0.05) is 12.7 Å². The highest BCUT2D eigenvalue weighted by molar-refractivity contribution is 7.19. The summed E-state index contributed by atoms with van der Waals surface area (Å²) in [5.74, 6) is 0. The molecule has 3 heterocycles. The van der Waals surface area contributed by atoms with Gasteiger partial charge in [0.25, 0.3) is 0 Å². The van der Waals surface area contributed by atoms with Gasteiger partial charge in [0.05, 0.1) is 11.4 Å². The number of anilines is 1. The van der Waals surface area contributed by atoms with Crippen LogP contribution in [-0.4, -0.2) is 16.5 Å². The molecule has 0 aromatic carbocycles. The number of aromatic amines is 1. The van der Waals surface area contributed by atoms with E-state index in [1.807, 2.05) is 12.3 Å². The van der Waals surface area contributed by atoms with Gasteiger partial charge in [-0.15, -0.1) is 0 Å². The second-order valence-electron chi connectivity index (χ2n) is 3.76. The molecule has 1 aliphatic rings. The predicted molar refractivity (Wildman–Crippen MR) is 63.3 cm³/mol. The van der Waals surface area contributed by atoms with E-state index in [9.17, 15) is 0 Å². The van der Waals surface area contributed by atoms with Crippen LogP contribution in [0.5, 0.6) is 0 Å². The molecule has 0 amide bonds. The zero-order chi connectivity index (χ0) is 10.1. The number of hydrogen-bond donors (Lipinski definition) is 2. The second kappa shape index (κ2) is 3.70. The quantitative estimate of drug-likeness (QED) is 0.774. The van der Waals surface area contributed by atoms with Gasteiger partial charge < -0.3 is 10.3 Å². The Balaban J connectivity index is 1.99. The number of aromatic nitrogens is 2. The zero-order valence-corrected chi connectivity index (χ0v) is 9.23. The lowest BCUT2D eigenvalue weighted by molar-refractivity contribution is 0.775. The minimum absolute atomic E-state index is 1.08. The van der Waals surface area contributed by atoms with E-state index < -0.39 is 0 Å². The van der Waals surface area contributed by atoms with Crippen molar-refractivity contribution in [1.82, 2.24) is 9.97 Å². The fourth-order valence-corrected chi connectivity index (χ4v) is 2.88. The van der Waals surface area contributed by atoms with E-state index in [-0.39, 0.29) is 0 Å². The van der Waals surface area contributed by atoms with Crippen molar-refractivity contribution in [1.29, 1.82) is 0 Å². The van der Waals surface area contributed by atoms with Crippen molar-refractivity contribution in [2.45, 2.75) is 19.3 Å². The van der Waals surface area contributed by atoms with Gasteiger partial charge in [-0.1, -0.05) is 11.3 Å². The van der Waals surface area contributed by atoms with Gasteiger partial charge in [-0.3, -0.25) is 0 Å². The molecule has 2 aromatic rings. The van der Waals surface area contributed by atoms with Crippen molar-refractivity contribution in [2.75, 3.05) is 11.9 Å².